The highest BCUT2D eigenvalue weighted by Crippen LogP contribution is 2.26. The maximum absolute atomic E-state index is 13.9. The molecule has 0 aliphatic heterocycles. The van der Waals surface area contributed by atoms with E-state index in [9.17, 15) is 18.4 Å². The predicted molar refractivity (Wildman–Crippen MR) is 90.1 cm³/mol. The number of carbonyl (C=O) groups excluding carboxylic acids is 2. The summed E-state index contributed by atoms with van der Waals surface area (Å²) in [6.45, 7) is 4.62. The van der Waals surface area contributed by atoms with Crippen LogP contribution in [0.25, 0.3) is 11.3 Å². The molecule has 0 saturated carbocycles. The van der Waals surface area contributed by atoms with Gasteiger partial charge in [-0.25, -0.2) is 18.7 Å². The minimum atomic E-state index is -1.04. The highest BCUT2D eigenvalue weighted by molar-refractivity contribution is 6.12. The lowest BCUT2D eigenvalue weighted by atomic mass is 10.1. The number of hydrogen-bond acceptors (Lipinski definition) is 6. The first kappa shape index (κ1) is 18.9. The van der Waals surface area contributed by atoms with Crippen molar-refractivity contribution in [2.45, 2.75) is 20.8 Å². The molecule has 0 unspecified atom stereocenters. The van der Waals surface area contributed by atoms with Crippen LogP contribution in [-0.4, -0.2) is 28.3 Å². The van der Waals surface area contributed by atoms with Crippen LogP contribution in [0, 0.1) is 23.0 Å². The number of halogens is 2. The molecule has 7 nitrogen and oxygen atoms in total. The van der Waals surface area contributed by atoms with Crippen molar-refractivity contribution in [2.75, 3.05) is 16.8 Å². The Kier molecular flexibility index (Phi) is 5.57. The second-order valence-corrected chi connectivity index (χ2v) is 5.27. The van der Waals surface area contributed by atoms with Crippen molar-refractivity contribution in [1.29, 1.82) is 5.26 Å². The molecule has 0 spiro atoms. The van der Waals surface area contributed by atoms with Gasteiger partial charge in [-0.15, -0.1) is 0 Å². The number of hydrogen-bond donors (Lipinski definition) is 1. The fraction of sp³-hybridized carbons (Fsp3) is 0.235. The standard InChI is InChI=1S/C17H15F2N5O2/c1-4-21-16-7-15(11-5-13(18)12(8-20)14(19)6-11)22-17(23-16)24(9(2)25)10(3)26/h5-7H,4H2,1-3H3,(H,21,22,23). The van der Waals surface area contributed by atoms with Crippen molar-refractivity contribution in [1.82, 2.24) is 9.97 Å². The van der Waals surface area contributed by atoms with E-state index < -0.39 is 29.0 Å². The number of rotatable bonds is 4. The third-order valence-corrected chi connectivity index (χ3v) is 3.35. The molecule has 0 aliphatic carbocycles. The summed E-state index contributed by atoms with van der Waals surface area (Å²) in [5.41, 5.74) is -0.585. The van der Waals surface area contributed by atoms with Crippen LogP contribution >= 0.6 is 0 Å². The predicted octanol–water partition coefficient (Wildman–Crippen LogP) is 2.62. The van der Waals surface area contributed by atoms with Crippen LogP contribution in [-0.2, 0) is 9.59 Å². The molecule has 26 heavy (non-hydrogen) atoms. The molecular formula is C17H15F2N5O2. The smallest absolute Gasteiger partial charge is 0.241 e. The maximum atomic E-state index is 13.9. The summed E-state index contributed by atoms with van der Waals surface area (Å²) in [5, 5.41) is 11.7. The van der Waals surface area contributed by atoms with Crippen molar-refractivity contribution in [2.24, 2.45) is 0 Å². The molecule has 0 radical (unpaired) electrons. The van der Waals surface area contributed by atoms with Crippen LogP contribution in [0.5, 0.6) is 0 Å². The van der Waals surface area contributed by atoms with Crippen LogP contribution in [0.15, 0.2) is 18.2 Å². The Hall–Kier alpha value is -3.41. The van der Waals surface area contributed by atoms with Gasteiger partial charge in [-0.2, -0.15) is 10.2 Å². The fourth-order valence-electron chi connectivity index (χ4n) is 2.29. The molecule has 0 bridgehead atoms. The van der Waals surface area contributed by atoms with Gasteiger partial charge in [-0.05, 0) is 19.1 Å². The Morgan fingerprint density at radius 2 is 1.73 bits per heavy atom. The van der Waals surface area contributed by atoms with Gasteiger partial charge in [0.05, 0.1) is 5.69 Å². The van der Waals surface area contributed by atoms with E-state index in [1.807, 2.05) is 0 Å². The fourth-order valence-corrected chi connectivity index (χ4v) is 2.29. The number of aromatic nitrogens is 2. The van der Waals surface area contributed by atoms with Gasteiger partial charge in [0.15, 0.2) is 0 Å². The first-order valence-electron chi connectivity index (χ1n) is 7.62. The summed E-state index contributed by atoms with van der Waals surface area (Å²) in [6, 6.07) is 4.77. The number of carbonyl (C=O) groups is 2. The van der Waals surface area contributed by atoms with Crippen LogP contribution in [0.4, 0.5) is 20.5 Å². The molecule has 9 heteroatoms. The normalized spacial score (nSPS) is 10.2. The van der Waals surface area contributed by atoms with Gasteiger partial charge in [-0.1, -0.05) is 0 Å². The van der Waals surface area contributed by atoms with Crippen LogP contribution in [0.3, 0.4) is 0 Å². The molecule has 2 amide bonds. The topological polar surface area (TPSA) is 99.0 Å². The Morgan fingerprint density at radius 1 is 1.15 bits per heavy atom. The number of nitriles is 1. The van der Waals surface area contributed by atoms with E-state index in [1.54, 1.807) is 6.92 Å². The van der Waals surface area contributed by atoms with E-state index >= 15 is 0 Å². The Balaban J connectivity index is 2.68. The minimum Gasteiger partial charge on any atom is -0.370 e. The summed E-state index contributed by atoms with van der Waals surface area (Å²) in [5.74, 6) is -3.23. The quantitative estimate of drug-likeness (QED) is 0.901. The number of benzene rings is 1. The zero-order chi connectivity index (χ0) is 19.4. The molecule has 0 saturated heterocycles. The largest absolute Gasteiger partial charge is 0.370 e. The van der Waals surface area contributed by atoms with Crippen molar-refractivity contribution >= 4 is 23.6 Å². The van der Waals surface area contributed by atoms with E-state index in [4.69, 9.17) is 5.26 Å². The molecule has 1 N–H and O–H groups in total. The van der Waals surface area contributed by atoms with Gasteiger partial charge in [0.1, 0.15) is 29.1 Å². The Morgan fingerprint density at radius 3 is 2.19 bits per heavy atom. The van der Waals surface area contributed by atoms with Gasteiger partial charge in [0.2, 0.25) is 17.8 Å². The highest BCUT2D eigenvalue weighted by atomic mass is 19.1. The Bertz CT molecular complexity index is 887. The van der Waals surface area contributed by atoms with E-state index in [2.05, 4.69) is 15.3 Å². The SMILES string of the molecule is CCNc1cc(-c2cc(F)c(C#N)c(F)c2)nc(N(C(C)=O)C(C)=O)n1. The zero-order valence-corrected chi connectivity index (χ0v) is 14.3. The molecule has 1 aromatic heterocycles. The average molecular weight is 359 g/mol. The zero-order valence-electron chi connectivity index (χ0n) is 14.3. The monoisotopic (exact) mass is 359 g/mol. The summed E-state index contributed by atoms with van der Waals surface area (Å²) in [6.07, 6.45) is 0. The summed E-state index contributed by atoms with van der Waals surface area (Å²) >= 11 is 0. The van der Waals surface area contributed by atoms with Crippen LogP contribution < -0.4 is 10.2 Å². The lowest BCUT2D eigenvalue weighted by Crippen LogP contribution is -2.34. The molecule has 134 valence electrons. The Labute approximate surface area is 148 Å². The molecule has 2 rings (SSSR count). The molecule has 0 atom stereocenters. The van der Waals surface area contributed by atoms with E-state index in [0.717, 1.165) is 17.0 Å². The molecular weight excluding hydrogens is 344 g/mol. The second kappa shape index (κ2) is 7.65. The van der Waals surface area contributed by atoms with Gasteiger partial charge in [-0.3, -0.25) is 9.59 Å². The first-order valence-corrected chi connectivity index (χ1v) is 7.62. The summed E-state index contributed by atoms with van der Waals surface area (Å²) in [4.78, 5) is 32.4. The third kappa shape index (κ3) is 3.80. The molecule has 0 fully saturated rings. The second-order valence-electron chi connectivity index (χ2n) is 5.27. The molecule has 1 heterocycles. The van der Waals surface area contributed by atoms with Crippen molar-refractivity contribution in [3.05, 3.63) is 35.4 Å². The molecule has 0 aliphatic rings. The van der Waals surface area contributed by atoms with E-state index in [0.29, 0.717) is 6.54 Å². The summed E-state index contributed by atoms with van der Waals surface area (Å²) < 4.78 is 27.8. The number of nitrogens with zero attached hydrogens (tertiary/aromatic N) is 4. The number of anilines is 2. The van der Waals surface area contributed by atoms with Gasteiger partial charge >= 0.3 is 0 Å². The number of amides is 2. The maximum Gasteiger partial charge on any atom is 0.241 e. The lowest BCUT2D eigenvalue weighted by Gasteiger charge is -2.17. The first-order chi connectivity index (χ1) is 12.3. The van der Waals surface area contributed by atoms with Gasteiger partial charge in [0.25, 0.3) is 0 Å². The molecule has 1 aromatic carbocycles. The van der Waals surface area contributed by atoms with Crippen molar-refractivity contribution in [3.8, 4) is 17.3 Å². The van der Waals surface area contributed by atoms with E-state index in [-0.39, 0.29) is 23.0 Å². The van der Waals surface area contributed by atoms with Crippen LogP contribution in [0.2, 0.25) is 0 Å². The third-order valence-electron chi connectivity index (χ3n) is 3.35. The average Bonchev–Trinajstić information content (AvgIpc) is 2.54. The highest BCUT2D eigenvalue weighted by Gasteiger charge is 2.22. The van der Waals surface area contributed by atoms with E-state index in [1.165, 1.54) is 26.0 Å². The van der Waals surface area contributed by atoms with Crippen molar-refractivity contribution < 1.29 is 18.4 Å². The van der Waals surface area contributed by atoms with Gasteiger partial charge in [0, 0.05) is 32.0 Å². The summed E-state index contributed by atoms with van der Waals surface area (Å²) in [7, 11) is 0. The lowest BCUT2D eigenvalue weighted by molar-refractivity contribution is -0.124. The number of nitrogens with one attached hydrogen (secondary N) is 1. The number of imide groups is 1. The molecule has 2 aromatic rings. The van der Waals surface area contributed by atoms with Crippen molar-refractivity contribution in [3.63, 3.8) is 0 Å². The van der Waals surface area contributed by atoms with Gasteiger partial charge < -0.3 is 5.32 Å². The minimum absolute atomic E-state index is 0.0360. The van der Waals surface area contributed by atoms with Crippen LogP contribution in [0.1, 0.15) is 26.3 Å².